The standard InChI is InChI=1S/C10H14ClF3N2/c1-9(15)6-7(11)2-3-8(9)16-5-4-10(12,13)14/h2-3,16H,4-6,15H2,1H3. The van der Waals surface area contributed by atoms with Crippen molar-refractivity contribution in [2.75, 3.05) is 6.54 Å². The van der Waals surface area contributed by atoms with Gasteiger partial charge in [-0.05, 0) is 19.1 Å². The Morgan fingerprint density at radius 1 is 1.50 bits per heavy atom. The van der Waals surface area contributed by atoms with Crippen LogP contribution in [0.15, 0.2) is 22.9 Å². The van der Waals surface area contributed by atoms with Crippen LogP contribution in [0.3, 0.4) is 0 Å². The van der Waals surface area contributed by atoms with Gasteiger partial charge in [0, 0.05) is 23.7 Å². The Morgan fingerprint density at radius 2 is 2.12 bits per heavy atom. The summed E-state index contributed by atoms with van der Waals surface area (Å²) < 4.78 is 35.8. The summed E-state index contributed by atoms with van der Waals surface area (Å²) in [6.45, 7) is 1.56. The minimum absolute atomic E-state index is 0.173. The lowest BCUT2D eigenvalue weighted by molar-refractivity contribution is -0.133. The lowest BCUT2D eigenvalue weighted by Crippen LogP contribution is -2.45. The summed E-state index contributed by atoms with van der Waals surface area (Å²) in [5, 5.41) is 3.30. The van der Waals surface area contributed by atoms with Crippen LogP contribution >= 0.6 is 11.6 Å². The Kier molecular flexibility index (Phi) is 3.91. The molecule has 6 heteroatoms. The van der Waals surface area contributed by atoms with Crippen molar-refractivity contribution in [1.82, 2.24) is 5.32 Å². The summed E-state index contributed by atoms with van der Waals surface area (Å²) in [7, 11) is 0. The molecule has 0 heterocycles. The highest BCUT2D eigenvalue weighted by Gasteiger charge is 2.30. The summed E-state index contributed by atoms with van der Waals surface area (Å²) in [5.41, 5.74) is 5.78. The lowest BCUT2D eigenvalue weighted by atomic mass is 9.90. The summed E-state index contributed by atoms with van der Waals surface area (Å²) >= 11 is 5.80. The van der Waals surface area contributed by atoms with Crippen LogP contribution in [-0.2, 0) is 0 Å². The zero-order valence-electron chi connectivity index (χ0n) is 8.87. The molecule has 3 N–H and O–H groups in total. The number of hydrogen-bond donors (Lipinski definition) is 2. The Hall–Kier alpha value is -0.680. The fraction of sp³-hybridized carbons (Fsp3) is 0.600. The van der Waals surface area contributed by atoms with E-state index in [0.717, 1.165) is 0 Å². The molecule has 0 aromatic rings. The maximum absolute atomic E-state index is 11.9. The van der Waals surface area contributed by atoms with Gasteiger partial charge in [-0.15, -0.1) is 0 Å². The van der Waals surface area contributed by atoms with Gasteiger partial charge in [0.05, 0.1) is 12.0 Å². The number of allylic oxidation sites excluding steroid dienone is 2. The quantitative estimate of drug-likeness (QED) is 0.813. The Labute approximate surface area is 97.3 Å². The van der Waals surface area contributed by atoms with Crippen LogP contribution in [-0.4, -0.2) is 18.3 Å². The third kappa shape index (κ3) is 4.06. The first kappa shape index (κ1) is 13.4. The summed E-state index contributed by atoms with van der Waals surface area (Å²) in [6, 6.07) is 0. The van der Waals surface area contributed by atoms with E-state index in [2.05, 4.69) is 5.32 Å². The van der Waals surface area contributed by atoms with E-state index in [4.69, 9.17) is 17.3 Å². The van der Waals surface area contributed by atoms with Crippen molar-refractivity contribution in [1.29, 1.82) is 0 Å². The molecule has 92 valence electrons. The predicted molar refractivity (Wildman–Crippen MR) is 57.9 cm³/mol. The van der Waals surface area contributed by atoms with Crippen molar-refractivity contribution in [3.05, 3.63) is 22.9 Å². The van der Waals surface area contributed by atoms with Gasteiger partial charge in [0.2, 0.25) is 0 Å². The van der Waals surface area contributed by atoms with Gasteiger partial charge in [0.15, 0.2) is 0 Å². The maximum atomic E-state index is 11.9. The summed E-state index contributed by atoms with van der Waals surface area (Å²) in [4.78, 5) is 0. The Morgan fingerprint density at radius 3 is 2.62 bits per heavy atom. The molecular formula is C10H14ClF3N2. The largest absolute Gasteiger partial charge is 0.390 e. The van der Waals surface area contributed by atoms with Crippen molar-refractivity contribution in [3.8, 4) is 0 Å². The van der Waals surface area contributed by atoms with Crippen LogP contribution in [0.1, 0.15) is 19.8 Å². The number of nitrogens with one attached hydrogen (secondary N) is 1. The number of nitrogens with two attached hydrogens (primary N) is 1. The first-order valence-corrected chi connectivity index (χ1v) is 5.25. The van der Waals surface area contributed by atoms with Gasteiger partial charge in [0.1, 0.15) is 0 Å². The molecule has 1 unspecified atom stereocenters. The van der Waals surface area contributed by atoms with Gasteiger partial charge < -0.3 is 11.1 Å². The second-order valence-corrected chi connectivity index (χ2v) is 4.57. The minimum Gasteiger partial charge on any atom is -0.386 e. The van der Waals surface area contributed by atoms with Crippen LogP contribution in [0, 0.1) is 0 Å². The number of hydrogen-bond acceptors (Lipinski definition) is 2. The molecule has 0 saturated heterocycles. The van der Waals surface area contributed by atoms with E-state index >= 15 is 0 Å². The highest BCUT2D eigenvalue weighted by Crippen LogP contribution is 2.27. The van der Waals surface area contributed by atoms with Crippen LogP contribution in [0.5, 0.6) is 0 Å². The van der Waals surface area contributed by atoms with Gasteiger partial charge >= 0.3 is 6.18 Å². The van der Waals surface area contributed by atoms with E-state index in [0.29, 0.717) is 17.2 Å². The molecule has 0 radical (unpaired) electrons. The molecule has 0 saturated carbocycles. The predicted octanol–water partition coefficient (Wildman–Crippen LogP) is 2.66. The Balaban J connectivity index is 2.54. The highest BCUT2D eigenvalue weighted by atomic mass is 35.5. The van der Waals surface area contributed by atoms with Crippen LogP contribution in [0.2, 0.25) is 0 Å². The fourth-order valence-electron chi connectivity index (χ4n) is 1.47. The first-order chi connectivity index (χ1) is 7.21. The zero-order valence-corrected chi connectivity index (χ0v) is 9.62. The highest BCUT2D eigenvalue weighted by molar-refractivity contribution is 6.29. The number of alkyl halides is 3. The first-order valence-electron chi connectivity index (χ1n) is 4.87. The molecule has 0 fully saturated rings. The smallest absolute Gasteiger partial charge is 0.386 e. The molecular weight excluding hydrogens is 241 g/mol. The third-order valence-electron chi connectivity index (χ3n) is 2.31. The molecule has 16 heavy (non-hydrogen) atoms. The van der Waals surface area contributed by atoms with Crippen LogP contribution in [0.25, 0.3) is 0 Å². The monoisotopic (exact) mass is 254 g/mol. The average molecular weight is 255 g/mol. The van der Waals surface area contributed by atoms with Crippen LogP contribution < -0.4 is 11.1 Å². The fourth-order valence-corrected chi connectivity index (χ4v) is 1.81. The van der Waals surface area contributed by atoms with Gasteiger partial charge in [0.25, 0.3) is 0 Å². The van der Waals surface area contributed by atoms with E-state index in [9.17, 15) is 13.2 Å². The van der Waals surface area contributed by atoms with Crippen LogP contribution in [0.4, 0.5) is 13.2 Å². The summed E-state index contributed by atoms with van der Waals surface area (Å²) in [5.74, 6) is 0. The van der Waals surface area contributed by atoms with Gasteiger partial charge in [-0.3, -0.25) is 0 Å². The van der Waals surface area contributed by atoms with E-state index in [1.165, 1.54) is 0 Å². The average Bonchev–Trinajstić information content (AvgIpc) is 2.05. The molecule has 0 aliphatic heterocycles. The molecule has 0 amide bonds. The lowest BCUT2D eigenvalue weighted by Gasteiger charge is -2.31. The maximum Gasteiger partial charge on any atom is 0.390 e. The normalized spacial score (nSPS) is 26.1. The number of halogens is 4. The molecule has 1 atom stereocenters. The molecule has 1 rings (SSSR count). The molecule has 1 aliphatic carbocycles. The molecule has 0 spiro atoms. The van der Waals surface area contributed by atoms with Crippen molar-refractivity contribution in [2.45, 2.75) is 31.5 Å². The van der Waals surface area contributed by atoms with Crippen molar-refractivity contribution in [2.24, 2.45) is 5.73 Å². The zero-order chi connectivity index (χ0) is 12.4. The topological polar surface area (TPSA) is 38.0 Å². The van der Waals surface area contributed by atoms with E-state index in [1.54, 1.807) is 19.1 Å². The van der Waals surface area contributed by atoms with Crippen molar-refractivity contribution < 1.29 is 13.2 Å². The van der Waals surface area contributed by atoms with Gasteiger partial charge in [-0.2, -0.15) is 13.2 Å². The van der Waals surface area contributed by atoms with E-state index in [1.807, 2.05) is 0 Å². The molecule has 1 aliphatic rings. The molecule has 0 aromatic carbocycles. The third-order valence-corrected chi connectivity index (χ3v) is 2.57. The van der Waals surface area contributed by atoms with E-state index in [-0.39, 0.29) is 6.54 Å². The van der Waals surface area contributed by atoms with Gasteiger partial charge in [-0.25, -0.2) is 0 Å². The second kappa shape index (κ2) is 4.67. The Bertz CT molecular complexity index is 319. The molecule has 0 aromatic heterocycles. The summed E-state index contributed by atoms with van der Waals surface area (Å²) in [6.07, 6.45) is -1.33. The minimum atomic E-state index is -4.15. The van der Waals surface area contributed by atoms with Crippen molar-refractivity contribution in [3.63, 3.8) is 0 Å². The number of rotatable bonds is 3. The SMILES string of the molecule is CC1(N)CC(Cl)=CC=C1NCCC(F)(F)F. The molecule has 2 nitrogen and oxygen atoms in total. The van der Waals surface area contributed by atoms with Gasteiger partial charge in [-0.1, -0.05) is 11.6 Å². The molecule has 0 bridgehead atoms. The van der Waals surface area contributed by atoms with E-state index < -0.39 is 18.1 Å². The van der Waals surface area contributed by atoms with Crippen molar-refractivity contribution >= 4 is 11.6 Å². The second-order valence-electron chi connectivity index (χ2n) is 4.08.